The first kappa shape index (κ1) is 22.5. The summed E-state index contributed by atoms with van der Waals surface area (Å²) in [5, 5.41) is 0.600. The first-order valence-electron chi connectivity index (χ1n) is 11.0. The average Bonchev–Trinajstić information content (AvgIpc) is 3.26. The Morgan fingerprint density at radius 1 is 1.03 bits per heavy atom. The molecule has 1 aliphatic heterocycles. The van der Waals surface area contributed by atoms with Gasteiger partial charge in [-0.05, 0) is 42.8 Å². The van der Waals surface area contributed by atoms with Gasteiger partial charge >= 0.3 is 0 Å². The van der Waals surface area contributed by atoms with Crippen LogP contribution in [0.25, 0.3) is 22.0 Å². The summed E-state index contributed by atoms with van der Waals surface area (Å²) < 4.78 is 35.4. The third kappa shape index (κ3) is 3.69. The molecule has 5 rings (SSSR count). The molecule has 2 aromatic carbocycles. The number of carbonyl (C=O) groups is 2. The highest BCUT2D eigenvalue weighted by Gasteiger charge is 2.38. The number of fused-ring (bicyclic) bond motifs is 1. The standard InChI is InChI=1S/C26H21F2N3O4/c1-13-8-22(35-21-5-4-15(27)10-19(21)28)17(11-20(13)31-23(32)9-14(2)26(31)34)18-12-30(3)24-16(18)6-7-29-25(24)33/h4-8,10-12,14H,9H2,1-3H3,(H,29,33). The number of H-pyrrole nitrogens is 1. The van der Waals surface area contributed by atoms with E-state index >= 15 is 0 Å². The second kappa shape index (κ2) is 8.19. The molecule has 0 spiro atoms. The Kier molecular flexibility index (Phi) is 5.27. The first-order chi connectivity index (χ1) is 16.7. The summed E-state index contributed by atoms with van der Waals surface area (Å²) >= 11 is 0. The number of carbonyl (C=O) groups excluding carboxylic acids is 2. The minimum atomic E-state index is -0.884. The lowest BCUT2D eigenvalue weighted by Crippen LogP contribution is -2.30. The van der Waals surface area contributed by atoms with Crippen LogP contribution < -0.4 is 15.2 Å². The van der Waals surface area contributed by atoms with E-state index in [2.05, 4.69) is 4.98 Å². The molecule has 0 bridgehead atoms. The van der Waals surface area contributed by atoms with Crippen molar-refractivity contribution in [2.75, 3.05) is 4.90 Å². The van der Waals surface area contributed by atoms with Crippen LogP contribution in [0.3, 0.4) is 0 Å². The number of aryl methyl sites for hydroxylation is 2. The van der Waals surface area contributed by atoms with Gasteiger partial charge in [0.25, 0.3) is 5.56 Å². The molecule has 1 fully saturated rings. The topological polar surface area (TPSA) is 84.4 Å². The van der Waals surface area contributed by atoms with Gasteiger partial charge in [-0.2, -0.15) is 0 Å². The Hall–Kier alpha value is -4.27. The quantitative estimate of drug-likeness (QED) is 0.428. The number of hydrogen-bond donors (Lipinski definition) is 1. The summed E-state index contributed by atoms with van der Waals surface area (Å²) in [6, 6.07) is 7.94. The number of rotatable bonds is 4. The van der Waals surface area contributed by atoms with Crippen LogP contribution in [0, 0.1) is 24.5 Å². The molecule has 0 aliphatic carbocycles. The number of imide groups is 1. The maximum atomic E-state index is 14.4. The Labute approximate surface area is 198 Å². The molecule has 1 atom stereocenters. The number of hydrogen-bond acceptors (Lipinski definition) is 4. The highest BCUT2D eigenvalue weighted by molar-refractivity contribution is 6.21. The zero-order chi connectivity index (χ0) is 25.0. The fourth-order valence-corrected chi connectivity index (χ4v) is 4.50. The number of pyridine rings is 1. The molecule has 4 aromatic rings. The van der Waals surface area contributed by atoms with E-state index in [9.17, 15) is 23.2 Å². The van der Waals surface area contributed by atoms with Crippen LogP contribution in [-0.4, -0.2) is 21.4 Å². The molecule has 178 valence electrons. The molecule has 1 N–H and O–H groups in total. The van der Waals surface area contributed by atoms with E-state index in [-0.39, 0.29) is 35.3 Å². The van der Waals surface area contributed by atoms with Gasteiger partial charge in [0.15, 0.2) is 11.6 Å². The van der Waals surface area contributed by atoms with Gasteiger partial charge in [0.2, 0.25) is 11.8 Å². The fraction of sp³-hybridized carbons (Fsp3) is 0.192. The van der Waals surface area contributed by atoms with Crippen molar-refractivity contribution in [3.63, 3.8) is 0 Å². The van der Waals surface area contributed by atoms with E-state index in [1.807, 2.05) is 0 Å². The van der Waals surface area contributed by atoms with Crippen LogP contribution in [0.1, 0.15) is 18.9 Å². The SMILES string of the molecule is Cc1cc(Oc2ccc(F)cc2F)c(-c2cn(C)c3c(=O)[nH]ccc23)cc1N1C(=O)CC(C)C1=O. The van der Waals surface area contributed by atoms with Gasteiger partial charge in [-0.25, -0.2) is 8.78 Å². The zero-order valence-corrected chi connectivity index (χ0v) is 19.2. The number of ether oxygens (including phenoxy) is 1. The first-order valence-corrected chi connectivity index (χ1v) is 11.0. The van der Waals surface area contributed by atoms with Crippen LogP contribution in [-0.2, 0) is 16.6 Å². The smallest absolute Gasteiger partial charge is 0.272 e. The fourth-order valence-electron chi connectivity index (χ4n) is 4.50. The lowest BCUT2D eigenvalue weighted by Gasteiger charge is -2.21. The molecule has 9 heteroatoms. The molecule has 0 saturated carbocycles. The highest BCUT2D eigenvalue weighted by Crippen LogP contribution is 2.43. The second-order valence-corrected chi connectivity index (χ2v) is 8.71. The number of aromatic nitrogens is 2. The van der Waals surface area contributed by atoms with Crippen molar-refractivity contribution in [3.8, 4) is 22.6 Å². The van der Waals surface area contributed by atoms with Crippen molar-refractivity contribution in [1.29, 1.82) is 0 Å². The summed E-state index contributed by atoms with van der Waals surface area (Å²) in [6.45, 7) is 3.41. The number of nitrogens with one attached hydrogen (secondary N) is 1. The molecule has 1 unspecified atom stereocenters. The Balaban J connectivity index is 1.76. The molecule has 2 aromatic heterocycles. The molecule has 1 saturated heterocycles. The van der Waals surface area contributed by atoms with E-state index in [1.54, 1.807) is 49.9 Å². The molecular weight excluding hydrogens is 456 g/mol. The van der Waals surface area contributed by atoms with Crippen molar-refractivity contribution in [1.82, 2.24) is 9.55 Å². The van der Waals surface area contributed by atoms with E-state index < -0.39 is 17.6 Å². The molecule has 2 amide bonds. The van der Waals surface area contributed by atoms with E-state index in [0.717, 1.165) is 17.0 Å². The van der Waals surface area contributed by atoms with Gasteiger partial charge in [0.05, 0.1) is 5.69 Å². The van der Waals surface area contributed by atoms with E-state index in [4.69, 9.17) is 4.74 Å². The van der Waals surface area contributed by atoms with Crippen LogP contribution in [0.15, 0.2) is 53.6 Å². The summed E-state index contributed by atoms with van der Waals surface area (Å²) in [5.41, 5.74) is 2.07. The van der Waals surface area contributed by atoms with Crippen LogP contribution in [0.5, 0.6) is 11.5 Å². The van der Waals surface area contributed by atoms with Gasteiger partial charge in [-0.15, -0.1) is 0 Å². The predicted octanol–water partition coefficient (Wildman–Crippen LogP) is 4.81. The molecule has 3 heterocycles. The van der Waals surface area contributed by atoms with Crippen molar-refractivity contribution in [2.24, 2.45) is 13.0 Å². The normalized spacial score (nSPS) is 15.9. The largest absolute Gasteiger partial charge is 0.454 e. The van der Waals surface area contributed by atoms with Gasteiger partial charge in [-0.1, -0.05) is 6.92 Å². The molecule has 35 heavy (non-hydrogen) atoms. The number of anilines is 1. The number of nitrogens with zero attached hydrogens (tertiary/aromatic N) is 2. The predicted molar refractivity (Wildman–Crippen MR) is 126 cm³/mol. The maximum Gasteiger partial charge on any atom is 0.272 e. The van der Waals surface area contributed by atoms with Crippen LogP contribution >= 0.6 is 0 Å². The van der Waals surface area contributed by atoms with Crippen LogP contribution in [0.2, 0.25) is 0 Å². The second-order valence-electron chi connectivity index (χ2n) is 8.71. The summed E-state index contributed by atoms with van der Waals surface area (Å²) in [4.78, 5) is 41.7. The molecular formula is C26H21F2N3O4. The third-order valence-electron chi connectivity index (χ3n) is 6.22. The lowest BCUT2D eigenvalue weighted by atomic mass is 10.0. The minimum Gasteiger partial charge on any atom is -0.454 e. The Morgan fingerprint density at radius 3 is 2.49 bits per heavy atom. The number of halogens is 2. The molecule has 1 aliphatic rings. The lowest BCUT2D eigenvalue weighted by molar-refractivity contribution is -0.122. The minimum absolute atomic E-state index is 0.107. The average molecular weight is 477 g/mol. The molecule has 7 nitrogen and oxygen atoms in total. The van der Waals surface area contributed by atoms with Crippen molar-refractivity contribution in [2.45, 2.75) is 20.3 Å². The highest BCUT2D eigenvalue weighted by atomic mass is 19.1. The Bertz CT molecular complexity index is 1590. The van der Waals surface area contributed by atoms with Crippen molar-refractivity contribution < 1.29 is 23.1 Å². The number of benzene rings is 2. The van der Waals surface area contributed by atoms with E-state index in [1.165, 1.54) is 12.3 Å². The van der Waals surface area contributed by atoms with Gasteiger partial charge in [0, 0.05) is 54.4 Å². The third-order valence-corrected chi connectivity index (χ3v) is 6.22. The van der Waals surface area contributed by atoms with Crippen molar-refractivity contribution >= 4 is 28.4 Å². The molecule has 0 radical (unpaired) electrons. The van der Waals surface area contributed by atoms with E-state index in [0.29, 0.717) is 33.3 Å². The maximum absolute atomic E-state index is 14.4. The Morgan fingerprint density at radius 2 is 1.80 bits per heavy atom. The summed E-state index contributed by atoms with van der Waals surface area (Å²) in [6.07, 6.45) is 3.34. The van der Waals surface area contributed by atoms with Gasteiger partial charge in [-0.3, -0.25) is 19.3 Å². The van der Waals surface area contributed by atoms with Crippen LogP contribution in [0.4, 0.5) is 14.5 Å². The summed E-state index contributed by atoms with van der Waals surface area (Å²) in [7, 11) is 1.71. The van der Waals surface area contributed by atoms with Crippen molar-refractivity contribution in [3.05, 3.63) is 76.3 Å². The monoisotopic (exact) mass is 477 g/mol. The van der Waals surface area contributed by atoms with Gasteiger partial charge < -0.3 is 14.3 Å². The number of amides is 2. The summed E-state index contributed by atoms with van der Waals surface area (Å²) in [5.74, 6) is -2.66. The van der Waals surface area contributed by atoms with Gasteiger partial charge in [0.1, 0.15) is 17.1 Å². The number of aromatic amines is 1. The zero-order valence-electron chi connectivity index (χ0n) is 19.2.